The number of ketones is 1. The SMILES string of the molecule is O=C(/C=C/c1ccccc1[N+](=O)[O-])OCC(=O)c1ccc(-c2ccccc2)cc1. The van der Waals surface area contributed by atoms with E-state index < -0.39 is 17.5 Å². The monoisotopic (exact) mass is 387 g/mol. The summed E-state index contributed by atoms with van der Waals surface area (Å²) < 4.78 is 4.95. The number of para-hydroxylation sites is 1. The number of hydrogen-bond acceptors (Lipinski definition) is 5. The molecule has 0 heterocycles. The van der Waals surface area contributed by atoms with Crippen LogP contribution >= 0.6 is 0 Å². The van der Waals surface area contributed by atoms with E-state index in [9.17, 15) is 19.7 Å². The van der Waals surface area contributed by atoms with Crippen molar-refractivity contribution in [1.29, 1.82) is 0 Å². The largest absolute Gasteiger partial charge is 0.454 e. The maximum absolute atomic E-state index is 12.2. The molecular weight excluding hydrogens is 370 g/mol. The zero-order chi connectivity index (χ0) is 20.6. The Balaban J connectivity index is 1.58. The average Bonchev–Trinajstić information content (AvgIpc) is 2.77. The van der Waals surface area contributed by atoms with Gasteiger partial charge < -0.3 is 4.74 Å². The fraction of sp³-hybridized carbons (Fsp3) is 0.0435. The van der Waals surface area contributed by atoms with Crippen LogP contribution in [0.5, 0.6) is 0 Å². The summed E-state index contributed by atoms with van der Waals surface area (Å²) in [6.07, 6.45) is 2.35. The van der Waals surface area contributed by atoms with Gasteiger partial charge in [-0.2, -0.15) is 0 Å². The molecule has 0 unspecified atom stereocenters. The number of nitro benzene ring substituents is 1. The molecule has 3 aromatic carbocycles. The number of carbonyl (C=O) groups is 2. The second-order valence-electron chi connectivity index (χ2n) is 6.12. The molecule has 3 rings (SSSR count). The quantitative estimate of drug-likeness (QED) is 0.193. The number of esters is 1. The van der Waals surface area contributed by atoms with Gasteiger partial charge in [0.1, 0.15) is 0 Å². The molecule has 0 saturated carbocycles. The van der Waals surface area contributed by atoms with Crippen molar-refractivity contribution in [2.45, 2.75) is 0 Å². The number of carbonyl (C=O) groups excluding carboxylic acids is 2. The van der Waals surface area contributed by atoms with E-state index in [1.54, 1.807) is 18.2 Å². The Morgan fingerprint density at radius 1 is 0.862 bits per heavy atom. The number of hydrogen-bond donors (Lipinski definition) is 0. The third-order valence-electron chi connectivity index (χ3n) is 4.19. The first-order chi connectivity index (χ1) is 14.0. The molecule has 0 N–H and O–H groups in total. The van der Waals surface area contributed by atoms with Gasteiger partial charge in [-0.25, -0.2) is 4.79 Å². The van der Waals surface area contributed by atoms with E-state index in [2.05, 4.69) is 0 Å². The Labute approximate surface area is 167 Å². The third kappa shape index (κ3) is 5.23. The molecule has 6 nitrogen and oxygen atoms in total. The van der Waals surface area contributed by atoms with Crippen LogP contribution < -0.4 is 0 Å². The van der Waals surface area contributed by atoms with Crippen LogP contribution in [0, 0.1) is 10.1 Å². The summed E-state index contributed by atoms with van der Waals surface area (Å²) in [5.74, 6) is -1.09. The summed E-state index contributed by atoms with van der Waals surface area (Å²) in [7, 11) is 0. The van der Waals surface area contributed by atoms with Crippen LogP contribution in [0.1, 0.15) is 15.9 Å². The summed E-state index contributed by atoms with van der Waals surface area (Å²) in [5.41, 5.74) is 2.60. The average molecular weight is 387 g/mol. The first-order valence-corrected chi connectivity index (χ1v) is 8.81. The van der Waals surface area contributed by atoms with Gasteiger partial charge in [0.05, 0.1) is 10.5 Å². The van der Waals surface area contributed by atoms with Gasteiger partial charge >= 0.3 is 5.97 Å². The van der Waals surface area contributed by atoms with Crippen LogP contribution in [-0.2, 0) is 9.53 Å². The normalized spacial score (nSPS) is 10.6. The number of nitrogens with zero attached hydrogens (tertiary/aromatic N) is 1. The van der Waals surface area contributed by atoms with Crippen LogP contribution in [0.25, 0.3) is 17.2 Å². The smallest absolute Gasteiger partial charge is 0.331 e. The van der Waals surface area contributed by atoms with Crippen molar-refractivity contribution in [2.24, 2.45) is 0 Å². The van der Waals surface area contributed by atoms with E-state index in [-0.39, 0.29) is 17.0 Å². The van der Waals surface area contributed by atoms with E-state index in [1.165, 1.54) is 24.3 Å². The van der Waals surface area contributed by atoms with Gasteiger partial charge in [0.25, 0.3) is 5.69 Å². The Hall–Kier alpha value is -4.06. The molecule has 0 aliphatic carbocycles. The maximum Gasteiger partial charge on any atom is 0.331 e. The van der Waals surface area contributed by atoms with E-state index >= 15 is 0 Å². The molecule has 29 heavy (non-hydrogen) atoms. The van der Waals surface area contributed by atoms with Gasteiger partial charge in [0.15, 0.2) is 12.4 Å². The van der Waals surface area contributed by atoms with Crippen molar-refractivity contribution in [2.75, 3.05) is 6.61 Å². The van der Waals surface area contributed by atoms with Gasteiger partial charge in [-0.05, 0) is 23.3 Å². The minimum Gasteiger partial charge on any atom is -0.454 e. The molecule has 3 aromatic rings. The summed E-state index contributed by atoms with van der Waals surface area (Å²) in [6, 6.07) is 22.8. The Morgan fingerprint density at radius 2 is 1.48 bits per heavy atom. The minimum absolute atomic E-state index is 0.119. The second-order valence-corrected chi connectivity index (χ2v) is 6.12. The minimum atomic E-state index is -0.752. The molecule has 0 bridgehead atoms. The molecule has 6 heteroatoms. The zero-order valence-electron chi connectivity index (χ0n) is 15.4. The lowest BCUT2D eigenvalue weighted by Crippen LogP contribution is -2.12. The molecule has 0 atom stereocenters. The molecule has 0 amide bonds. The van der Waals surface area contributed by atoms with Crippen molar-refractivity contribution in [3.63, 3.8) is 0 Å². The van der Waals surface area contributed by atoms with Gasteiger partial charge in [-0.15, -0.1) is 0 Å². The van der Waals surface area contributed by atoms with Crippen LogP contribution in [0.3, 0.4) is 0 Å². The predicted molar refractivity (Wildman–Crippen MR) is 109 cm³/mol. The molecule has 0 radical (unpaired) electrons. The van der Waals surface area contributed by atoms with E-state index in [1.807, 2.05) is 42.5 Å². The number of benzene rings is 3. The Kier molecular flexibility index (Phi) is 6.27. The first kappa shape index (κ1) is 19.7. The number of rotatable bonds is 7. The zero-order valence-corrected chi connectivity index (χ0v) is 15.4. The molecule has 0 aliphatic rings. The van der Waals surface area contributed by atoms with Gasteiger partial charge in [0.2, 0.25) is 0 Å². The molecule has 0 aromatic heterocycles. The number of Topliss-reactive ketones (excluding diaryl/α,β-unsaturated/α-hetero) is 1. The highest BCUT2D eigenvalue weighted by molar-refractivity contribution is 5.99. The van der Waals surface area contributed by atoms with Crippen molar-refractivity contribution in [1.82, 2.24) is 0 Å². The number of ether oxygens (including phenoxy) is 1. The lowest BCUT2D eigenvalue weighted by atomic mass is 10.0. The predicted octanol–water partition coefficient (Wildman–Crippen LogP) is 4.70. The second kappa shape index (κ2) is 9.23. The van der Waals surface area contributed by atoms with E-state index in [4.69, 9.17) is 4.74 Å². The highest BCUT2D eigenvalue weighted by Crippen LogP contribution is 2.20. The van der Waals surface area contributed by atoms with Crippen molar-refractivity contribution in [3.8, 4) is 11.1 Å². The molecule has 0 fully saturated rings. The van der Waals surface area contributed by atoms with Crippen LogP contribution in [0.2, 0.25) is 0 Å². The lowest BCUT2D eigenvalue weighted by Gasteiger charge is -2.05. The van der Waals surface area contributed by atoms with Crippen molar-refractivity contribution >= 4 is 23.5 Å². The summed E-state index contributed by atoms with van der Waals surface area (Å²) in [6.45, 7) is -0.412. The van der Waals surface area contributed by atoms with Crippen molar-refractivity contribution < 1.29 is 19.2 Å². The topological polar surface area (TPSA) is 86.5 Å². The van der Waals surface area contributed by atoms with Crippen LogP contribution in [-0.4, -0.2) is 23.3 Å². The Morgan fingerprint density at radius 3 is 2.17 bits per heavy atom. The van der Waals surface area contributed by atoms with Gasteiger partial charge in [0, 0.05) is 17.7 Å². The standard InChI is InChI=1S/C23H17NO5/c25-22(20-12-10-18(11-13-20)17-6-2-1-3-7-17)16-29-23(26)15-14-19-8-4-5-9-21(19)24(27)28/h1-15H,16H2/b15-14+. The Bertz CT molecular complexity index is 1060. The first-order valence-electron chi connectivity index (χ1n) is 8.81. The lowest BCUT2D eigenvalue weighted by molar-refractivity contribution is -0.385. The molecule has 0 saturated heterocycles. The number of nitro groups is 1. The molecule has 0 spiro atoms. The van der Waals surface area contributed by atoms with E-state index in [0.29, 0.717) is 5.56 Å². The third-order valence-corrected chi connectivity index (χ3v) is 4.19. The molecular formula is C23H17NO5. The summed E-state index contributed by atoms with van der Waals surface area (Å²) in [4.78, 5) is 34.5. The highest BCUT2D eigenvalue weighted by Gasteiger charge is 2.11. The highest BCUT2D eigenvalue weighted by atomic mass is 16.6. The summed E-state index contributed by atoms with van der Waals surface area (Å²) in [5, 5.41) is 11.0. The fourth-order valence-electron chi connectivity index (χ4n) is 2.70. The van der Waals surface area contributed by atoms with Crippen molar-refractivity contribution in [3.05, 3.63) is 106 Å². The molecule has 0 aliphatic heterocycles. The van der Waals surface area contributed by atoms with Crippen LogP contribution in [0.15, 0.2) is 84.9 Å². The van der Waals surface area contributed by atoms with Gasteiger partial charge in [-0.3, -0.25) is 14.9 Å². The van der Waals surface area contributed by atoms with E-state index in [0.717, 1.165) is 17.2 Å². The maximum atomic E-state index is 12.2. The molecule has 144 valence electrons. The fourth-order valence-corrected chi connectivity index (χ4v) is 2.70. The summed E-state index contributed by atoms with van der Waals surface area (Å²) >= 11 is 0. The van der Waals surface area contributed by atoms with Crippen LogP contribution in [0.4, 0.5) is 5.69 Å². The van der Waals surface area contributed by atoms with Gasteiger partial charge in [-0.1, -0.05) is 66.7 Å².